The van der Waals surface area contributed by atoms with E-state index in [9.17, 15) is 29.1 Å². The predicted molar refractivity (Wildman–Crippen MR) is 127 cm³/mol. The number of fused-ring (bicyclic) bond motifs is 1. The number of nitrogen functional groups attached to an aromatic ring is 1. The zero-order valence-electron chi connectivity index (χ0n) is 19.5. The van der Waals surface area contributed by atoms with Gasteiger partial charge in [-0.1, -0.05) is 0 Å². The SMILES string of the molecule is CO/N=C(\C(=O)N[C@@H]1C(=O)N2C(C(=O)[O-])=C(CSc3n[nH]c(=O)c(=O)n3C)CS[C@H]12)c1c[se]c(N)n1.[Na+]. The molecule has 2 atom stereocenters. The van der Waals surface area contributed by atoms with Crippen molar-refractivity contribution in [2.24, 2.45) is 12.2 Å². The Hall–Kier alpha value is -2.34. The van der Waals surface area contributed by atoms with Gasteiger partial charge in [0.05, 0.1) is 0 Å². The van der Waals surface area contributed by atoms with Gasteiger partial charge in [-0.15, -0.1) is 5.10 Å². The van der Waals surface area contributed by atoms with Gasteiger partial charge >= 0.3 is 209 Å². The first-order valence-corrected chi connectivity index (χ1v) is 13.8. The van der Waals surface area contributed by atoms with Crippen molar-refractivity contribution in [1.29, 1.82) is 0 Å². The van der Waals surface area contributed by atoms with Gasteiger partial charge in [0.1, 0.15) is 0 Å². The summed E-state index contributed by atoms with van der Waals surface area (Å²) in [5.41, 5.74) is 4.12. The van der Waals surface area contributed by atoms with Gasteiger partial charge in [0, 0.05) is 7.05 Å². The van der Waals surface area contributed by atoms with Gasteiger partial charge in [-0.25, -0.2) is 5.10 Å². The number of carbonyl (C=O) groups is 3. The van der Waals surface area contributed by atoms with Crippen LogP contribution < -0.4 is 56.8 Å². The van der Waals surface area contributed by atoms with Crippen LogP contribution in [0.1, 0.15) is 5.69 Å². The Morgan fingerprint density at radius 2 is 2.16 bits per heavy atom. The topological polar surface area (TPSA) is 218 Å². The third-order valence-corrected chi connectivity index (χ3v) is 8.97. The minimum Gasteiger partial charge on any atom is 1.00 e. The monoisotopic (exact) mass is 624 g/mol. The van der Waals surface area contributed by atoms with Crippen LogP contribution in [-0.2, 0) is 26.3 Å². The summed E-state index contributed by atoms with van der Waals surface area (Å²) < 4.78 is 1.40. The van der Waals surface area contributed by atoms with Crippen LogP contribution in [0.5, 0.6) is 0 Å². The Balaban J connectivity index is 0.00000380. The quantitative estimate of drug-likeness (QED) is 0.0624. The van der Waals surface area contributed by atoms with E-state index in [2.05, 4.69) is 25.7 Å². The molecule has 2 amide bonds. The molecule has 0 aromatic carbocycles. The van der Waals surface area contributed by atoms with E-state index < -0.39 is 40.3 Å². The van der Waals surface area contributed by atoms with Crippen LogP contribution in [-0.4, -0.2) is 92.7 Å². The molecule has 2 aliphatic heterocycles. The van der Waals surface area contributed by atoms with E-state index in [1.165, 1.54) is 25.9 Å². The average molecular weight is 623 g/mol. The van der Waals surface area contributed by atoms with Gasteiger partial charge in [0.25, 0.3) is 0 Å². The number of aromatic amines is 1. The summed E-state index contributed by atoms with van der Waals surface area (Å²) in [6, 6.07) is -1.01. The third-order valence-electron chi connectivity index (χ3n) is 5.10. The Kier molecular flexibility index (Phi) is 9.49. The molecule has 190 valence electrons. The molecule has 1 saturated heterocycles. The molecule has 4 rings (SSSR count). The van der Waals surface area contributed by atoms with Crippen LogP contribution in [0.2, 0.25) is 0 Å². The van der Waals surface area contributed by atoms with Gasteiger partial charge < -0.3 is 0 Å². The standard InChI is InChI=1S/C18H18N8O7S2Se.Na/c1-25-14(30)12(28)22-23-18(25)35-4-6-3-34-15-9(13(29)26(15)10(6)16(31)32)21-11(27)8(24-33-2)7-5-36-17(19)20-7;/h5,9,15H,3-4H2,1-2H3,(H2,19,20)(H,21,27)(H,22,28)(H,31,32);/q;+1/p-1/b24-8-;/t9-,15-;/m1./s1. The molecule has 4 N–H and O–H groups in total. The minimum absolute atomic E-state index is 0. The Labute approximate surface area is 244 Å². The molecule has 0 unspecified atom stereocenters. The number of oxime groups is 1. The van der Waals surface area contributed by atoms with Crippen molar-refractivity contribution < 1.29 is 53.9 Å². The summed E-state index contributed by atoms with van der Waals surface area (Å²) in [4.78, 5) is 72.3. The van der Waals surface area contributed by atoms with Gasteiger partial charge in [0.15, 0.2) is 5.16 Å². The fraction of sp³-hybridized carbons (Fsp3) is 0.333. The first kappa shape index (κ1) is 29.2. The first-order chi connectivity index (χ1) is 17.1. The van der Waals surface area contributed by atoms with Crippen molar-refractivity contribution in [2.75, 3.05) is 24.3 Å². The number of anilines is 1. The summed E-state index contributed by atoms with van der Waals surface area (Å²) in [5, 5.41) is 23.6. The number of hydrogen-bond acceptors (Lipinski definition) is 13. The molecule has 15 nitrogen and oxygen atoms in total. The number of nitrogens with two attached hydrogens (primary N) is 1. The second kappa shape index (κ2) is 12.0. The van der Waals surface area contributed by atoms with Gasteiger partial charge in [-0.2, -0.15) is 0 Å². The van der Waals surface area contributed by atoms with Crippen molar-refractivity contribution in [3.8, 4) is 0 Å². The van der Waals surface area contributed by atoms with Crippen molar-refractivity contribution in [3.05, 3.63) is 42.6 Å². The third kappa shape index (κ3) is 5.74. The molecule has 0 radical (unpaired) electrons. The molecule has 2 aromatic rings. The largest absolute Gasteiger partial charge is 1.00 e. The molecule has 0 saturated carbocycles. The van der Waals surface area contributed by atoms with E-state index in [4.69, 9.17) is 10.6 Å². The fourth-order valence-corrected chi connectivity index (χ4v) is 6.98. The Morgan fingerprint density at radius 3 is 2.78 bits per heavy atom. The number of carbonyl (C=O) groups excluding carboxylic acids is 3. The number of β-lactam (4-membered cyclic amide) rings is 1. The second-order valence-corrected chi connectivity index (χ2v) is 11.2. The average Bonchev–Trinajstić information content (AvgIpc) is 3.28. The summed E-state index contributed by atoms with van der Waals surface area (Å²) in [6.45, 7) is 0. The van der Waals surface area contributed by atoms with Crippen LogP contribution in [0.25, 0.3) is 0 Å². The van der Waals surface area contributed by atoms with E-state index in [-0.39, 0.29) is 77.8 Å². The molecule has 2 aliphatic rings. The number of hydrogen-bond donors (Lipinski definition) is 3. The number of amides is 2. The smallest absolute Gasteiger partial charge is 1.00 e. The molecule has 19 heteroatoms. The van der Waals surface area contributed by atoms with Gasteiger partial charge in [-0.3, -0.25) is 14.2 Å². The fourth-order valence-electron chi connectivity index (χ4n) is 3.43. The molecular formula is C18H17N8NaO7S2Se. The Morgan fingerprint density at radius 1 is 1.43 bits per heavy atom. The number of aromatic nitrogens is 4. The summed E-state index contributed by atoms with van der Waals surface area (Å²) >= 11 is 2.04. The molecule has 0 aliphatic carbocycles. The number of aliphatic carboxylic acids is 1. The molecule has 0 bridgehead atoms. The van der Waals surface area contributed by atoms with Crippen LogP contribution >= 0.6 is 23.5 Å². The Bertz CT molecular complexity index is 1440. The van der Waals surface area contributed by atoms with E-state index in [0.717, 1.165) is 21.2 Å². The van der Waals surface area contributed by atoms with Crippen LogP contribution in [0.3, 0.4) is 0 Å². The number of rotatable bonds is 8. The first-order valence-electron chi connectivity index (χ1n) is 9.94. The molecule has 37 heavy (non-hydrogen) atoms. The van der Waals surface area contributed by atoms with Crippen molar-refractivity contribution in [1.82, 2.24) is 30.0 Å². The van der Waals surface area contributed by atoms with E-state index in [1.807, 2.05) is 0 Å². The van der Waals surface area contributed by atoms with Crippen molar-refractivity contribution >= 4 is 66.2 Å². The minimum atomic E-state index is -1.55. The number of carboxylic acid groups (broad SMARTS) is 1. The number of nitrogens with one attached hydrogen (secondary N) is 2. The maximum absolute atomic E-state index is 12.9. The second-order valence-electron chi connectivity index (χ2n) is 7.28. The van der Waals surface area contributed by atoms with Gasteiger partial charge in [-0.05, 0) is 0 Å². The van der Waals surface area contributed by atoms with E-state index in [1.54, 1.807) is 4.94 Å². The van der Waals surface area contributed by atoms with E-state index >= 15 is 0 Å². The molecule has 2 aromatic heterocycles. The number of H-pyrrole nitrogens is 1. The molecular weight excluding hydrogens is 606 g/mol. The van der Waals surface area contributed by atoms with Crippen LogP contribution in [0, 0.1) is 0 Å². The summed E-state index contributed by atoms with van der Waals surface area (Å²) in [5.74, 6) is -2.64. The normalized spacial score (nSPS) is 19.0. The summed E-state index contributed by atoms with van der Waals surface area (Å²) in [7, 11) is 2.62. The number of nitrogens with zero attached hydrogens (tertiary/aromatic N) is 5. The zero-order chi connectivity index (χ0) is 26.1. The van der Waals surface area contributed by atoms with Crippen LogP contribution in [0.4, 0.5) is 4.69 Å². The number of carboxylic acids is 1. The number of thioether (sulfide) groups is 2. The maximum Gasteiger partial charge on any atom is 1.00 e. The molecule has 1 fully saturated rings. The molecule has 0 spiro atoms. The molecule has 4 heterocycles. The van der Waals surface area contributed by atoms with Crippen molar-refractivity contribution in [2.45, 2.75) is 16.6 Å². The van der Waals surface area contributed by atoms with Crippen molar-refractivity contribution in [3.63, 3.8) is 0 Å². The zero-order valence-corrected chi connectivity index (χ0v) is 24.9. The van der Waals surface area contributed by atoms with Crippen LogP contribution in [0.15, 0.2) is 36.1 Å². The maximum atomic E-state index is 12.9. The van der Waals surface area contributed by atoms with E-state index in [0.29, 0.717) is 10.3 Å². The predicted octanol–water partition coefficient (Wildman–Crippen LogP) is -6.95. The summed E-state index contributed by atoms with van der Waals surface area (Å²) in [6.07, 6.45) is 0. The van der Waals surface area contributed by atoms with Gasteiger partial charge in [0.2, 0.25) is 0 Å².